The monoisotopic (exact) mass is 558 g/mol. The van der Waals surface area contributed by atoms with E-state index in [0.717, 1.165) is 33.5 Å². The van der Waals surface area contributed by atoms with E-state index in [4.69, 9.17) is 0 Å². The van der Waals surface area contributed by atoms with E-state index in [1.807, 2.05) is 23.5 Å². The molecule has 0 saturated carbocycles. The summed E-state index contributed by atoms with van der Waals surface area (Å²) >= 11 is 1.87. The molecule has 0 aliphatic carbocycles. The van der Waals surface area contributed by atoms with Gasteiger partial charge in [-0.2, -0.15) is 0 Å². The molecule has 0 unspecified atom stereocenters. The molecule has 198 valence electrons. The van der Waals surface area contributed by atoms with Crippen LogP contribution in [0.15, 0.2) is 140 Å². The molecule has 4 heteroatoms. The van der Waals surface area contributed by atoms with Crippen molar-refractivity contribution in [2.24, 2.45) is 0 Å². The predicted molar refractivity (Wildman–Crippen MR) is 176 cm³/mol. The van der Waals surface area contributed by atoms with Crippen LogP contribution >= 0.6 is 11.3 Å². The van der Waals surface area contributed by atoms with Gasteiger partial charge in [-0.3, -0.25) is 0 Å². The summed E-state index contributed by atoms with van der Waals surface area (Å²) in [7, 11) is 0. The fourth-order valence-corrected chi connectivity index (χ4v) is 7.73. The summed E-state index contributed by atoms with van der Waals surface area (Å²) in [6, 6.07) is 48.1. The molecule has 3 heterocycles. The van der Waals surface area contributed by atoms with Crippen LogP contribution < -0.4 is 0 Å². The standard InChI is InChI=1S/C38H23FN2S/c39-26-16-20-27(21-17-26)40-33-10-4-1-7-29(33)30-22-15-25(23-35(30)40)24-13-18-28(19-14-24)41-34-11-5-2-8-31(34)38-37(41)32-9-3-6-12-36(32)42-38/h1-23H. The van der Waals surface area contributed by atoms with E-state index < -0.39 is 0 Å². The number of hydrogen-bond acceptors (Lipinski definition) is 1. The minimum absolute atomic E-state index is 0.233. The lowest BCUT2D eigenvalue weighted by molar-refractivity contribution is 0.627. The summed E-state index contributed by atoms with van der Waals surface area (Å²) < 4.78 is 21.1. The van der Waals surface area contributed by atoms with E-state index in [1.54, 1.807) is 0 Å². The third-order valence-corrected chi connectivity index (χ3v) is 9.59. The Balaban J connectivity index is 1.22. The number of para-hydroxylation sites is 2. The summed E-state index contributed by atoms with van der Waals surface area (Å²) in [5.41, 5.74) is 9.10. The molecule has 2 nitrogen and oxygen atoms in total. The second-order valence-corrected chi connectivity index (χ2v) is 11.8. The van der Waals surface area contributed by atoms with Gasteiger partial charge < -0.3 is 9.13 Å². The molecule has 0 aliphatic rings. The number of fused-ring (bicyclic) bond motifs is 8. The Kier molecular flexibility index (Phi) is 4.98. The molecular weight excluding hydrogens is 535 g/mol. The van der Waals surface area contributed by atoms with Gasteiger partial charge in [-0.1, -0.05) is 78.9 Å². The SMILES string of the molecule is Fc1ccc(-n2c3ccccc3c3ccc(-c4ccc(-n5c6ccccc6c6sc7ccccc7c65)cc4)cc32)cc1. The van der Waals surface area contributed by atoms with E-state index >= 15 is 0 Å². The van der Waals surface area contributed by atoms with Crippen LogP contribution in [-0.4, -0.2) is 9.13 Å². The molecule has 0 atom stereocenters. The third kappa shape index (κ3) is 3.36. The van der Waals surface area contributed by atoms with Crippen molar-refractivity contribution in [3.8, 4) is 22.5 Å². The molecule has 0 aliphatic heterocycles. The van der Waals surface area contributed by atoms with Crippen LogP contribution in [0.25, 0.3) is 75.5 Å². The zero-order valence-corrected chi connectivity index (χ0v) is 23.3. The molecule has 3 aromatic heterocycles. The Hall–Kier alpha value is -5.19. The summed E-state index contributed by atoms with van der Waals surface area (Å²) in [6.45, 7) is 0. The summed E-state index contributed by atoms with van der Waals surface area (Å²) in [6.07, 6.45) is 0. The van der Waals surface area contributed by atoms with Gasteiger partial charge in [0, 0.05) is 37.6 Å². The van der Waals surface area contributed by atoms with Crippen LogP contribution in [-0.2, 0) is 0 Å². The highest BCUT2D eigenvalue weighted by molar-refractivity contribution is 7.26. The number of benzene rings is 6. The molecule has 0 spiro atoms. The predicted octanol–water partition coefficient (Wildman–Crippen LogP) is 10.9. The molecule has 6 aromatic carbocycles. The average molecular weight is 559 g/mol. The molecule has 9 aromatic rings. The lowest BCUT2D eigenvalue weighted by Gasteiger charge is -2.11. The minimum atomic E-state index is -0.233. The number of hydrogen-bond donors (Lipinski definition) is 0. The van der Waals surface area contributed by atoms with Crippen molar-refractivity contribution in [3.05, 3.63) is 145 Å². The third-order valence-electron chi connectivity index (χ3n) is 8.40. The highest BCUT2D eigenvalue weighted by Crippen LogP contribution is 2.42. The molecule has 42 heavy (non-hydrogen) atoms. The Morgan fingerprint density at radius 1 is 0.452 bits per heavy atom. The van der Waals surface area contributed by atoms with Crippen LogP contribution in [0, 0.1) is 5.82 Å². The molecule has 0 radical (unpaired) electrons. The van der Waals surface area contributed by atoms with Crippen LogP contribution in [0.4, 0.5) is 4.39 Å². The van der Waals surface area contributed by atoms with Gasteiger partial charge in [0.25, 0.3) is 0 Å². The van der Waals surface area contributed by atoms with Crippen molar-refractivity contribution in [2.75, 3.05) is 0 Å². The van der Waals surface area contributed by atoms with E-state index in [0.29, 0.717) is 0 Å². The first kappa shape index (κ1) is 23.5. The van der Waals surface area contributed by atoms with Crippen molar-refractivity contribution in [2.45, 2.75) is 0 Å². The van der Waals surface area contributed by atoms with Crippen LogP contribution in [0.1, 0.15) is 0 Å². The summed E-state index contributed by atoms with van der Waals surface area (Å²) in [4.78, 5) is 0. The summed E-state index contributed by atoms with van der Waals surface area (Å²) in [5.74, 6) is -0.233. The first-order chi connectivity index (χ1) is 20.7. The van der Waals surface area contributed by atoms with Crippen LogP contribution in [0.2, 0.25) is 0 Å². The molecule has 0 saturated heterocycles. The van der Waals surface area contributed by atoms with Crippen molar-refractivity contribution in [1.29, 1.82) is 0 Å². The van der Waals surface area contributed by atoms with Crippen LogP contribution in [0.5, 0.6) is 0 Å². The Morgan fingerprint density at radius 3 is 1.81 bits per heavy atom. The van der Waals surface area contributed by atoms with E-state index in [9.17, 15) is 4.39 Å². The highest BCUT2D eigenvalue weighted by atomic mass is 32.1. The van der Waals surface area contributed by atoms with Crippen molar-refractivity contribution in [3.63, 3.8) is 0 Å². The van der Waals surface area contributed by atoms with E-state index in [1.165, 1.54) is 54.1 Å². The second kappa shape index (κ2) is 8.90. The van der Waals surface area contributed by atoms with E-state index in [-0.39, 0.29) is 5.82 Å². The zero-order valence-electron chi connectivity index (χ0n) is 22.5. The van der Waals surface area contributed by atoms with Gasteiger partial charge >= 0.3 is 0 Å². The average Bonchev–Trinajstić information content (AvgIpc) is 3.68. The maximum atomic E-state index is 13.8. The first-order valence-electron chi connectivity index (χ1n) is 14.1. The smallest absolute Gasteiger partial charge is 0.123 e. The highest BCUT2D eigenvalue weighted by Gasteiger charge is 2.18. The van der Waals surface area contributed by atoms with Gasteiger partial charge in [0.05, 0.1) is 26.8 Å². The Morgan fingerprint density at radius 2 is 1.02 bits per heavy atom. The fraction of sp³-hybridized carbons (Fsp3) is 0. The quantitative estimate of drug-likeness (QED) is 0.204. The normalized spacial score (nSPS) is 11.9. The number of thiophene rings is 1. The van der Waals surface area contributed by atoms with Crippen LogP contribution in [0.3, 0.4) is 0 Å². The molecule has 9 rings (SSSR count). The molecule has 0 bridgehead atoms. The van der Waals surface area contributed by atoms with Crippen molar-refractivity contribution < 1.29 is 4.39 Å². The Labute approximate surface area is 245 Å². The maximum Gasteiger partial charge on any atom is 0.123 e. The largest absolute Gasteiger partial charge is 0.309 e. The van der Waals surface area contributed by atoms with Crippen molar-refractivity contribution >= 4 is 64.3 Å². The number of halogens is 1. The van der Waals surface area contributed by atoms with Gasteiger partial charge in [0.15, 0.2) is 0 Å². The lowest BCUT2D eigenvalue weighted by Crippen LogP contribution is -1.94. The molecule has 0 fully saturated rings. The number of rotatable bonds is 3. The fourth-order valence-electron chi connectivity index (χ4n) is 6.51. The molecular formula is C38H23FN2S. The van der Waals surface area contributed by atoms with Gasteiger partial charge in [-0.05, 0) is 71.8 Å². The first-order valence-corrected chi connectivity index (χ1v) is 14.9. The van der Waals surface area contributed by atoms with Gasteiger partial charge in [-0.25, -0.2) is 4.39 Å². The maximum absolute atomic E-state index is 13.8. The minimum Gasteiger partial charge on any atom is -0.309 e. The zero-order chi connectivity index (χ0) is 27.8. The lowest BCUT2D eigenvalue weighted by atomic mass is 10.0. The van der Waals surface area contributed by atoms with Gasteiger partial charge in [-0.15, -0.1) is 11.3 Å². The number of nitrogens with zero attached hydrogens (tertiary/aromatic N) is 2. The Bertz CT molecular complexity index is 2450. The molecule has 0 N–H and O–H groups in total. The molecule has 0 amide bonds. The van der Waals surface area contributed by atoms with Gasteiger partial charge in [0.2, 0.25) is 0 Å². The summed E-state index contributed by atoms with van der Waals surface area (Å²) in [5, 5.41) is 4.94. The van der Waals surface area contributed by atoms with E-state index in [2.05, 4.69) is 124 Å². The van der Waals surface area contributed by atoms with Crippen molar-refractivity contribution in [1.82, 2.24) is 9.13 Å². The second-order valence-electron chi connectivity index (χ2n) is 10.7. The number of aromatic nitrogens is 2. The topological polar surface area (TPSA) is 9.86 Å². The van der Waals surface area contributed by atoms with Gasteiger partial charge in [0.1, 0.15) is 5.82 Å².